The molecule has 0 bridgehead atoms. The Morgan fingerprint density at radius 3 is 2.32 bits per heavy atom. The molecule has 3 nitrogen and oxygen atoms in total. The van der Waals surface area contributed by atoms with Crippen LogP contribution < -0.4 is 4.74 Å². The standard InChI is InChI=1S/C16H23NO2/c1-5-16(2,17(3)4)15(18)12-6-8-13(9-7-12)19-14-10-11-14/h6-9,14H,5,10-11H2,1-4H3. The predicted octanol–water partition coefficient (Wildman–Crippen LogP) is 3.14. The summed E-state index contributed by atoms with van der Waals surface area (Å²) >= 11 is 0. The third-order valence-corrected chi connectivity index (χ3v) is 4.11. The highest BCUT2D eigenvalue weighted by molar-refractivity contribution is 6.03. The highest BCUT2D eigenvalue weighted by Crippen LogP contribution is 2.28. The van der Waals surface area contributed by atoms with E-state index < -0.39 is 5.54 Å². The number of rotatable bonds is 6. The van der Waals surface area contributed by atoms with Crippen LogP contribution in [0.2, 0.25) is 0 Å². The van der Waals surface area contributed by atoms with Crippen molar-refractivity contribution in [3.8, 4) is 5.75 Å². The minimum Gasteiger partial charge on any atom is -0.490 e. The molecular weight excluding hydrogens is 238 g/mol. The van der Waals surface area contributed by atoms with E-state index in [0.29, 0.717) is 6.10 Å². The average molecular weight is 261 g/mol. The van der Waals surface area contributed by atoms with Crippen molar-refractivity contribution in [3.05, 3.63) is 29.8 Å². The molecule has 1 aliphatic rings. The lowest BCUT2D eigenvalue weighted by atomic mass is 9.87. The summed E-state index contributed by atoms with van der Waals surface area (Å²) in [5, 5.41) is 0. The number of hydrogen-bond acceptors (Lipinski definition) is 3. The molecule has 1 saturated carbocycles. The monoisotopic (exact) mass is 261 g/mol. The second-order valence-corrected chi connectivity index (χ2v) is 5.69. The fraction of sp³-hybridized carbons (Fsp3) is 0.562. The van der Waals surface area contributed by atoms with Crippen molar-refractivity contribution in [1.82, 2.24) is 4.90 Å². The number of ether oxygens (including phenoxy) is 1. The fourth-order valence-corrected chi connectivity index (χ4v) is 2.05. The van der Waals surface area contributed by atoms with Gasteiger partial charge in [-0.1, -0.05) is 6.92 Å². The second-order valence-electron chi connectivity index (χ2n) is 5.69. The molecule has 0 radical (unpaired) electrons. The molecule has 0 aliphatic heterocycles. The van der Waals surface area contributed by atoms with Crippen molar-refractivity contribution >= 4 is 5.78 Å². The number of ketones is 1. The zero-order valence-electron chi connectivity index (χ0n) is 12.3. The van der Waals surface area contributed by atoms with E-state index in [-0.39, 0.29) is 5.78 Å². The van der Waals surface area contributed by atoms with E-state index in [2.05, 4.69) is 0 Å². The molecule has 0 spiro atoms. The number of hydrogen-bond donors (Lipinski definition) is 0. The molecular formula is C16H23NO2. The SMILES string of the molecule is CCC(C)(C(=O)c1ccc(OC2CC2)cc1)N(C)C. The van der Waals surface area contributed by atoms with E-state index in [1.54, 1.807) is 0 Å². The highest BCUT2D eigenvalue weighted by atomic mass is 16.5. The van der Waals surface area contributed by atoms with Crippen LogP contribution in [0.4, 0.5) is 0 Å². The zero-order chi connectivity index (χ0) is 14.0. The first-order valence-electron chi connectivity index (χ1n) is 6.96. The Labute approximate surface area is 115 Å². The molecule has 104 valence electrons. The molecule has 0 aromatic heterocycles. The summed E-state index contributed by atoms with van der Waals surface area (Å²) in [5.41, 5.74) is 0.306. The summed E-state index contributed by atoms with van der Waals surface area (Å²) in [4.78, 5) is 14.6. The van der Waals surface area contributed by atoms with Gasteiger partial charge in [-0.2, -0.15) is 0 Å². The fourth-order valence-electron chi connectivity index (χ4n) is 2.05. The van der Waals surface area contributed by atoms with Crippen LogP contribution in [0.5, 0.6) is 5.75 Å². The van der Waals surface area contributed by atoms with Crippen molar-refractivity contribution in [3.63, 3.8) is 0 Å². The van der Waals surface area contributed by atoms with Crippen LogP contribution in [0.25, 0.3) is 0 Å². The van der Waals surface area contributed by atoms with E-state index in [0.717, 1.165) is 30.6 Å². The Bertz CT molecular complexity index is 448. The van der Waals surface area contributed by atoms with Crippen LogP contribution in [-0.2, 0) is 0 Å². The third-order valence-electron chi connectivity index (χ3n) is 4.11. The largest absolute Gasteiger partial charge is 0.490 e. The maximum atomic E-state index is 12.6. The van der Waals surface area contributed by atoms with Crippen LogP contribution in [0.15, 0.2) is 24.3 Å². The van der Waals surface area contributed by atoms with Gasteiger partial charge >= 0.3 is 0 Å². The lowest BCUT2D eigenvalue weighted by molar-refractivity contribution is 0.0710. The quantitative estimate of drug-likeness (QED) is 0.737. The van der Waals surface area contributed by atoms with Crippen LogP contribution in [0.3, 0.4) is 0 Å². The predicted molar refractivity (Wildman–Crippen MR) is 76.8 cm³/mol. The van der Waals surface area contributed by atoms with Gasteiger partial charge in [0.1, 0.15) is 5.75 Å². The summed E-state index contributed by atoms with van der Waals surface area (Å²) in [6.07, 6.45) is 3.48. The molecule has 0 saturated heterocycles. The molecule has 1 atom stereocenters. The van der Waals surface area contributed by atoms with E-state index in [4.69, 9.17) is 4.74 Å². The minimum atomic E-state index is -0.446. The number of carbonyl (C=O) groups is 1. The molecule has 1 unspecified atom stereocenters. The van der Waals surface area contributed by atoms with Gasteiger partial charge in [0.25, 0.3) is 0 Å². The summed E-state index contributed by atoms with van der Waals surface area (Å²) in [5.74, 6) is 1.03. The molecule has 1 aromatic carbocycles. The van der Waals surface area contributed by atoms with Crippen LogP contribution in [0, 0.1) is 0 Å². The first-order valence-corrected chi connectivity index (χ1v) is 6.96. The Hall–Kier alpha value is -1.35. The van der Waals surface area contributed by atoms with Crippen molar-refractivity contribution in [2.45, 2.75) is 44.8 Å². The van der Waals surface area contributed by atoms with Gasteiger partial charge in [0.2, 0.25) is 0 Å². The van der Waals surface area contributed by atoms with Crippen molar-refractivity contribution < 1.29 is 9.53 Å². The van der Waals surface area contributed by atoms with E-state index >= 15 is 0 Å². The first-order chi connectivity index (χ1) is 8.97. The number of Topliss-reactive ketones (excluding diaryl/α,β-unsaturated/α-hetero) is 1. The maximum absolute atomic E-state index is 12.6. The van der Waals surface area contributed by atoms with Gasteiger partial charge in [0, 0.05) is 5.56 Å². The summed E-state index contributed by atoms with van der Waals surface area (Å²) in [6, 6.07) is 7.55. The molecule has 0 N–H and O–H groups in total. The maximum Gasteiger partial charge on any atom is 0.182 e. The van der Waals surface area contributed by atoms with Gasteiger partial charge in [0.05, 0.1) is 11.6 Å². The van der Waals surface area contributed by atoms with Crippen molar-refractivity contribution in [2.24, 2.45) is 0 Å². The second kappa shape index (κ2) is 5.33. The summed E-state index contributed by atoms with van der Waals surface area (Å²) < 4.78 is 5.70. The van der Waals surface area contributed by atoms with E-state index in [9.17, 15) is 4.79 Å². The lowest BCUT2D eigenvalue weighted by Crippen LogP contribution is -2.48. The molecule has 0 amide bonds. The Balaban J connectivity index is 2.13. The van der Waals surface area contributed by atoms with Crippen LogP contribution in [-0.4, -0.2) is 36.4 Å². The number of benzene rings is 1. The number of carbonyl (C=O) groups excluding carboxylic acids is 1. The number of nitrogens with zero attached hydrogens (tertiary/aromatic N) is 1. The summed E-state index contributed by atoms with van der Waals surface area (Å²) in [7, 11) is 3.90. The topological polar surface area (TPSA) is 29.5 Å². The van der Waals surface area contributed by atoms with Gasteiger partial charge in [-0.05, 0) is 64.5 Å². The van der Waals surface area contributed by atoms with E-state index in [1.165, 1.54) is 0 Å². The normalized spacial score (nSPS) is 18.2. The lowest BCUT2D eigenvalue weighted by Gasteiger charge is -2.34. The minimum absolute atomic E-state index is 0.165. The highest BCUT2D eigenvalue weighted by Gasteiger charge is 2.34. The smallest absolute Gasteiger partial charge is 0.182 e. The molecule has 1 fully saturated rings. The van der Waals surface area contributed by atoms with Gasteiger partial charge in [-0.15, -0.1) is 0 Å². The van der Waals surface area contributed by atoms with Gasteiger partial charge < -0.3 is 4.74 Å². The third kappa shape index (κ3) is 2.98. The Morgan fingerprint density at radius 2 is 1.89 bits per heavy atom. The molecule has 1 aliphatic carbocycles. The van der Waals surface area contributed by atoms with Crippen LogP contribution in [0.1, 0.15) is 43.5 Å². The van der Waals surface area contributed by atoms with Crippen molar-refractivity contribution in [2.75, 3.05) is 14.1 Å². The van der Waals surface area contributed by atoms with Gasteiger partial charge in [-0.3, -0.25) is 9.69 Å². The summed E-state index contributed by atoms with van der Waals surface area (Å²) in [6.45, 7) is 4.03. The van der Waals surface area contributed by atoms with Crippen molar-refractivity contribution in [1.29, 1.82) is 0 Å². The van der Waals surface area contributed by atoms with Gasteiger partial charge in [0.15, 0.2) is 5.78 Å². The van der Waals surface area contributed by atoms with E-state index in [1.807, 2.05) is 57.1 Å². The molecule has 3 heteroatoms. The Kier molecular flexibility index (Phi) is 3.95. The number of likely N-dealkylation sites (N-methyl/N-ethyl adjacent to an activating group) is 1. The molecule has 2 rings (SSSR count). The average Bonchev–Trinajstić information content (AvgIpc) is 3.21. The van der Waals surface area contributed by atoms with Crippen LogP contribution >= 0.6 is 0 Å². The molecule has 0 heterocycles. The zero-order valence-corrected chi connectivity index (χ0v) is 12.3. The van der Waals surface area contributed by atoms with Gasteiger partial charge in [-0.25, -0.2) is 0 Å². The molecule has 1 aromatic rings. The Morgan fingerprint density at radius 1 is 1.32 bits per heavy atom. The molecule has 19 heavy (non-hydrogen) atoms. The first kappa shape index (κ1) is 14.1.